The lowest BCUT2D eigenvalue weighted by atomic mass is 10.1. The predicted molar refractivity (Wildman–Crippen MR) is 97.9 cm³/mol. The van der Waals surface area contributed by atoms with Crippen molar-refractivity contribution in [2.45, 2.75) is 84.3 Å². The van der Waals surface area contributed by atoms with Gasteiger partial charge in [-0.05, 0) is 41.0 Å². The fourth-order valence-corrected chi connectivity index (χ4v) is 2.60. The number of hydrogen-bond donors (Lipinski definition) is 1. The van der Waals surface area contributed by atoms with Gasteiger partial charge < -0.3 is 24.3 Å². The number of amides is 1. The molecule has 0 radical (unpaired) electrons. The first-order chi connectivity index (χ1) is 12.0. The summed E-state index contributed by atoms with van der Waals surface area (Å²) in [4.78, 5) is 24.5. The van der Waals surface area contributed by atoms with E-state index in [9.17, 15) is 9.59 Å². The summed E-state index contributed by atoms with van der Waals surface area (Å²) >= 11 is 0. The highest BCUT2D eigenvalue weighted by atomic mass is 16.6. The van der Waals surface area contributed by atoms with Crippen LogP contribution in [0.4, 0.5) is 4.79 Å². The smallest absolute Gasteiger partial charge is 0.408 e. The van der Waals surface area contributed by atoms with E-state index < -0.39 is 35.9 Å². The molecule has 0 spiro atoms. The van der Waals surface area contributed by atoms with Crippen molar-refractivity contribution in [1.29, 1.82) is 0 Å². The summed E-state index contributed by atoms with van der Waals surface area (Å²) < 4.78 is 22.5. The minimum absolute atomic E-state index is 0.211. The number of ether oxygens (including phenoxy) is 4. The maximum atomic E-state index is 12.5. The zero-order valence-electron chi connectivity index (χ0n) is 16.8. The summed E-state index contributed by atoms with van der Waals surface area (Å²) in [6.45, 7) is 15.4. The van der Waals surface area contributed by atoms with E-state index in [-0.39, 0.29) is 6.10 Å². The molecule has 7 heteroatoms. The van der Waals surface area contributed by atoms with Gasteiger partial charge in [-0.15, -0.1) is 0 Å². The van der Waals surface area contributed by atoms with Crippen molar-refractivity contribution in [3.63, 3.8) is 0 Å². The maximum absolute atomic E-state index is 12.5. The van der Waals surface area contributed by atoms with Gasteiger partial charge in [0.15, 0.2) is 0 Å². The number of esters is 1. The lowest BCUT2D eigenvalue weighted by Crippen LogP contribution is -2.46. The highest BCUT2D eigenvalue weighted by Gasteiger charge is 2.35. The molecular formula is C19H33NO6. The van der Waals surface area contributed by atoms with Crippen LogP contribution in [0.3, 0.4) is 0 Å². The molecule has 1 saturated heterocycles. The van der Waals surface area contributed by atoms with Crippen LogP contribution in [0.1, 0.15) is 54.4 Å². The minimum Gasteiger partial charge on any atom is -0.458 e. The first-order valence-corrected chi connectivity index (χ1v) is 9.11. The van der Waals surface area contributed by atoms with Crippen molar-refractivity contribution in [1.82, 2.24) is 5.32 Å². The summed E-state index contributed by atoms with van der Waals surface area (Å²) in [5, 5.41) is 2.57. The fraction of sp³-hybridized carbons (Fsp3) is 0.789. The van der Waals surface area contributed by atoms with Crippen LogP contribution in [0.25, 0.3) is 0 Å². The van der Waals surface area contributed by atoms with Crippen molar-refractivity contribution in [2.75, 3.05) is 13.2 Å². The Labute approximate surface area is 156 Å². The zero-order valence-corrected chi connectivity index (χ0v) is 16.8. The normalized spacial score (nSPS) is 27.5. The molecule has 1 N–H and O–H groups in total. The quantitative estimate of drug-likeness (QED) is 0.591. The molecule has 1 aliphatic heterocycles. The molecule has 0 unspecified atom stereocenters. The third kappa shape index (κ3) is 7.74. The van der Waals surface area contributed by atoms with Gasteiger partial charge >= 0.3 is 12.1 Å². The molecule has 26 heavy (non-hydrogen) atoms. The van der Waals surface area contributed by atoms with Crippen LogP contribution in [-0.4, -0.2) is 55.2 Å². The lowest BCUT2D eigenvalue weighted by molar-refractivity contribution is -0.163. The maximum Gasteiger partial charge on any atom is 0.408 e. The molecule has 0 aromatic rings. The molecule has 150 valence electrons. The summed E-state index contributed by atoms with van der Waals surface area (Å²) in [7, 11) is 0. The molecule has 0 aromatic carbocycles. The first-order valence-electron chi connectivity index (χ1n) is 9.11. The zero-order chi connectivity index (χ0) is 19.9. The van der Waals surface area contributed by atoms with Gasteiger partial charge in [-0.2, -0.15) is 0 Å². The molecule has 4 atom stereocenters. The third-order valence-corrected chi connectivity index (χ3v) is 3.77. The SMILES string of the molecule is C=C(C)CO[C@H]1[C@H](C)OC(=O)[C@@H](NC(=O)OC(C)(C)C)CCO[C@@H]1CC. The van der Waals surface area contributed by atoms with E-state index in [1.807, 2.05) is 13.8 Å². The molecule has 1 amide bonds. The van der Waals surface area contributed by atoms with Crippen LogP contribution < -0.4 is 5.32 Å². The number of alkyl carbamates (subject to hydrolysis) is 1. The van der Waals surface area contributed by atoms with E-state index in [2.05, 4.69) is 11.9 Å². The number of nitrogens with one attached hydrogen (secondary N) is 1. The molecule has 1 rings (SSSR count). The molecule has 1 heterocycles. The van der Waals surface area contributed by atoms with Crippen molar-refractivity contribution in [3.8, 4) is 0 Å². The van der Waals surface area contributed by atoms with Gasteiger partial charge in [0.1, 0.15) is 23.9 Å². The van der Waals surface area contributed by atoms with E-state index >= 15 is 0 Å². The first kappa shape index (κ1) is 22.4. The van der Waals surface area contributed by atoms with Gasteiger partial charge in [0.25, 0.3) is 0 Å². The average molecular weight is 371 g/mol. The average Bonchev–Trinajstić information content (AvgIpc) is 2.53. The standard InChI is InChI=1S/C19H33NO6/c1-8-15-16(24-11-12(2)3)13(4)25-17(21)14(9-10-23-15)20-18(22)26-19(5,6)7/h13-16H,2,8-11H2,1,3-7H3,(H,20,22)/t13-,14-,15+,16-/m0/s1. The van der Waals surface area contributed by atoms with Crippen molar-refractivity contribution in [2.24, 2.45) is 0 Å². The molecule has 1 aliphatic rings. The highest BCUT2D eigenvalue weighted by Crippen LogP contribution is 2.19. The molecule has 0 aromatic heterocycles. The Balaban J connectivity index is 2.81. The number of carbonyl (C=O) groups excluding carboxylic acids is 2. The Morgan fingerprint density at radius 2 is 2.04 bits per heavy atom. The largest absolute Gasteiger partial charge is 0.458 e. The minimum atomic E-state index is -0.829. The lowest BCUT2D eigenvalue weighted by Gasteiger charge is -2.30. The van der Waals surface area contributed by atoms with Gasteiger partial charge in [0, 0.05) is 13.0 Å². The Morgan fingerprint density at radius 1 is 1.38 bits per heavy atom. The van der Waals surface area contributed by atoms with Crippen LogP contribution in [0, 0.1) is 0 Å². The van der Waals surface area contributed by atoms with Crippen LogP contribution in [-0.2, 0) is 23.7 Å². The van der Waals surface area contributed by atoms with Gasteiger partial charge in [-0.25, -0.2) is 9.59 Å². The number of carbonyl (C=O) groups is 2. The Bertz CT molecular complexity index is 499. The topological polar surface area (TPSA) is 83.1 Å². The van der Waals surface area contributed by atoms with Crippen LogP contribution in [0.15, 0.2) is 12.2 Å². The molecule has 0 saturated carbocycles. The van der Waals surface area contributed by atoms with Crippen LogP contribution >= 0.6 is 0 Å². The number of rotatable bonds is 5. The monoisotopic (exact) mass is 371 g/mol. The fourth-order valence-electron chi connectivity index (χ4n) is 2.60. The van der Waals surface area contributed by atoms with E-state index in [0.717, 1.165) is 5.57 Å². The van der Waals surface area contributed by atoms with Gasteiger partial charge in [0.2, 0.25) is 0 Å². The highest BCUT2D eigenvalue weighted by molar-refractivity contribution is 5.81. The Morgan fingerprint density at radius 3 is 2.58 bits per heavy atom. The number of hydrogen-bond acceptors (Lipinski definition) is 6. The second-order valence-corrected chi connectivity index (χ2v) is 7.68. The Kier molecular flexibility index (Phi) is 8.56. The third-order valence-electron chi connectivity index (χ3n) is 3.77. The molecule has 0 bridgehead atoms. The van der Waals surface area contributed by atoms with E-state index in [1.54, 1.807) is 27.7 Å². The van der Waals surface area contributed by atoms with Crippen LogP contribution in [0.5, 0.6) is 0 Å². The summed E-state index contributed by atoms with van der Waals surface area (Å²) in [6.07, 6.45) is -0.777. The second kappa shape index (κ2) is 9.92. The van der Waals surface area contributed by atoms with Crippen molar-refractivity contribution < 1.29 is 28.5 Å². The summed E-state index contributed by atoms with van der Waals surface area (Å²) in [5.74, 6) is -0.521. The van der Waals surface area contributed by atoms with Gasteiger partial charge in [0.05, 0.1) is 12.7 Å². The molecule has 1 fully saturated rings. The van der Waals surface area contributed by atoms with Crippen LogP contribution in [0.2, 0.25) is 0 Å². The van der Waals surface area contributed by atoms with E-state index in [1.165, 1.54) is 0 Å². The molecular weight excluding hydrogens is 338 g/mol. The van der Waals surface area contributed by atoms with E-state index in [0.29, 0.717) is 26.1 Å². The number of cyclic esters (lactones) is 1. The molecule has 0 aliphatic carbocycles. The molecule has 7 nitrogen and oxygen atoms in total. The van der Waals surface area contributed by atoms with Gasteiger partial charge in [-0.1, -0.05) is 19.1 Å². The summed E-state index contributed by atoms with van der Waals surface area (Å²) in [6, 6.07) is -0.829. The van der Waals surface area contributed by atoms with Crippen molar-refractivity contribution in [3.05, 3.63) is 12.2 Å². The second-order valence-electron chi connectivity index (χ2n) is 7.68. The van der Waals surface area contributed by atoms with Gasteiger partial charge in [-0.3, -0.25) is 0 Å². The Hall–Kier alpha value is -1.60. The van der Waals surface area contributed by atoms with E-state index in [4.69, 9.17) is 18.9 Å². The predicted octanol–water partition coefficient (Wildman–Crippen LogP) is 2.97. The summed E-state index contributed by atoms with van der Waals surface area (Å²) in [5.41, 5.74) is 0.230. The van der Waals surface area contributed by atoms with Crippen molar-refractivity contribution >= 4 is 12.1 Å².